The molecule has 1 amide bonds. The predicted molar refractivity (Wildman–Crippen MR) is 98.3 cm³/mol. The molecule has 0 aliphatic rings. The van der Waals surface area contributed by atoms with E-state index in [4.69, 9.17) is 4.74 Å². The van der Waals surface area contributed by atoms with Crippen molar-refractivity contribution in [2.24, 2.45) is 7.05 Å². The van der Waals surface area contributed by atoms with Gasteiger partial charge in [-0.25, -0.2) is 4.79 Å². The third-order valence-corrected chi connectivity index (χ3v) is 4.08. The quantitative estimate of drug-likeness (QED) is 0.630. The maximum absolute atomic E-state index is 13.5. The van der Waals surface area contributed by atoms with Gasteiger partial charge in [0.25, 0.3) is 5.91 Å². The molecular formula is C19H17F3N4O3. The number of esters is 1. The lowest BCUT2D eigenvalue weighted by Gasteiger charge is -2.17. The third-order valence-electron chi connectivity index (χ3n) is 4.08. The molecule has 0 radical (unpaired) electrons. The summed E-state index contributed by atoms with van der Waals surface area (Å²) in [7, 11) is 1.44. The second kappa shape index (κ2) is 7.82. The van der Waals surface area contributed by atoms with Crippen LogP contribution >= 0.6 is 0 Å². The molecule has 0 unspecified atom stereocenters. The first-order valence-corrected chi connectivity index (χ1v) is 8.58. The first-order chi connectivity index (χ1) is 13.7. The largest absolute Gasteiger partial charge is 0.461 e. The number of halogens is 3. The van der Waals surface area contributed by atoms with E-state index in [1.54, 1.807) is 13.0 Å². The lowest BCUT2D eigenvalue weighted by atomic mass is 10.0. The van der Waals surface area contributed by atoms with E-state index in [1.165, 1.54) is 37.5 Å². The number of carbonyl (C=O) groups excluding carboxylic acids is 2. The van der Waals surface area contributed by atoms with Gasteiger partial charge in [-0.15, -0.1) is 0 Å². The van der Waals surface area contributed by atoms with Crippen molar-refractivity contribution in [1.82, 2.24) is 14.8 Å². The van der Waals surface area contributed by atoms with Crippen LogP contribution in [0.5, 0.6) is 0 Å². The van der Waals surface area contributed by atoms with E-state index < -0.39 is 23.6 Å². The lowest BCUT2D eigenvalue weighted by Crippen LogP contribution is -2.18. The molecule has 0 fully saturated rings. The van der Waals surface area contributed by atoms with E-state index in [-0.39, 0.29) is 34.9 Å². The number of nitrogens with zero attached hydrogens (tertiary/aromatic N) is 2. The van der Waals surface area contributed by atoms with E-state index in [9.17, 15) is 22.8 Å². The molecule has 152 valence electrons. The van der Waals surface area contributed by atoms with Gasteiger partial charge in [0.1, 0.15) is 5.69 Å². The minimum absolute atomic E-state index is 0.0112. The maximum atomic E-state index is 13.5. The Balaban J connectivity index is 1.99. The van der Waals surface area contributed by atoms with Crippen LogP contribution in [-0.2, 0) is 18.0 Å². The monoisotopic (exact) mass is 406 g/mol. The fourth-order valence-corrected chi connectivity index (χ4v) is 2.84. The Kier molecular flexibility index (Phi) is 5.44. The molecule has 0 saturated heterocycles. The molecule has 2 heterocycles. The molecule has 7 nitrogen and oxygen atoms in total. The number of aromatic nitrogens is 3. The highest BCUT2D eigenvalue weighted by atomic mass is 19.4. The molecule has 0 atom stereocenters. The highest BCUT2D eigenvalue weighted by Gasteiger charge is 2.35. The number of amides is 1. The highest BCUT2D eigenvalue weighted by Crippen LogP contribution is 2.40. The summed E-state index contributed by atoms with van der Waals surface area (Å²) in [5.41, 5.74) is -1.01. The molecular weight excluding hydrogens is 389 g/mol. The van der Waals surface area contributed by atoms with Gasteiger partial charge in [-0.1, -0.05) is 6.07 Å². The molecule has 2 aromatic heterocycles. The molecule has 0 aliphatic heterocycles. The average Bonchev–Trinajstić information content (AvgIpc) is 3.30. The van der Waals surface area contributed by atoms with Crippen molar-refractivity contribution >= 4 is 17.6 Å². The van der Waals surface area contributed by atoms with Gasteiger partial charge in [0, 0.05) is 30.6 Å². The fraction of sp³-hybridized carbons (Fsp3) is 0.211. The van der Waals surface area contributed by atoms with Gasteiger partial charge in [0.2, 0.25) is 0 Å². The zero-order valence-corrected chi connectivity index (χ0v) is 15.5. The number of hydrogen-bond donors (Lipinski definition) is 2. The van der Waals surface area contributed by atoms with Crippen LogP contribution in [-0.4, -0.2) is 33.2 Å². The SMILES string of the molecule is CCOC(=O)c1cc(C(=O)Nc2cccc(C(F)(F)F)c2-c2ccc[nH]2)n(C)n1. The van der Waals surface area contributed by atoms with E-state index in [0.717, 1.165) is 10.7 Å². The molecule has 0 saturated carbocycles. The van der Waals surface area contributed by atoms with Crippen molar-refractivity contribution in [3.8, 4) is 11.3 Å². The number of carbonyl (C=O) groups is 2. The molecule has 3 rings (SSSR count). The van der Waals surface area contributed by atoms with Gasteiger partial charge < -0.3 is 15.0 Å². The van der Waals surface area contributed by atoms with Crippen molar-refractivity contribution in [1.29, 1.82) is 0 Å². The number of H-pyrrole nitrogens is 1. The number of nitrogens with one attached hydrogen (secondary N) is 2. The standard InChI is InChI=1S/C19H17F3N4O3/c1-3-29-18(28)14-10-15(26(2)25-14)17(27)24-13-7-4-6-11(19(20,21)22)16(13)12-8-5-9-23-12/h4-10,23H,3H2,1-2H3,(H,24,27). The summed E-state index contributed by atoms with van der Waals surface area (Å²) < 4.78 is 46.5. The van der Waals surface area contributed by atoms with Crippen LogP contribution in [0.1, 0.15) is 33.5 Å². The Morgan fingerprint density at radius 3 is 2.62 bits per heavy atom. The summed E-state index contributed by atoms with van der Waals surface area (Å²) in [5.74, 6) is -1.42. The van der Waals surface area contributed by atoms with Crippen LogP contribution in [0.4, 0.5) is 18.9 Å². The van der Waals surface area contributed by atoms with Crippen molar-refractivity contribution in [2.75, 3.05) is 11.9 Å². The molecule has 0 spiro atoms. The molecule has 0 bridgehead atoms. The van der Waals surface area contributed by atoms with Crippen LogP contribution in [0.2, 0.25) is 0 Å². The molecule has 10 heteroatoms. The van der Waals surface area contributed by atoms with Gasteiger partial charge in [0.15, 0.2) is 5.69 Å². The van der Waals surface area contributed by atoms with Crippen LogP contribution in [0.25, 0.3) is 11.3 Å². The fourth-order valence-electron chi connectivity index (χ4n) is 2.84. The number of alkyl halides is 3. The van der Waals surface area contributed by atoms with Crippen molar-refractivity contribution in [3.63, 3.8) is 0 Å². The van der Waals surface area contributed by atoms with Crippen LogP contribution < -0.4 is 5.32 Å². The Morgan fingerprint density at radius 1 is 1.24 bits per heavy atom. The normalized spacial score (nSPS) is 11.3. The summed E-state index contributed by atoms with van der Waals surface area (Å²) >= 11 is 0. The molecule has 3 aromatic rings. The van der Waals surface area contributed by atoms with E-state index in [2.05, 4.69) is 15.4 Å². The van der Waals surface area contributed by atoms with Gasteiger partial charge in [0.05, 0.1) is 17.9 Å². The second-order valence-electron chi connectivity index (χ2n) is 6.02. The lowest BCUT2D eigenvalue weighted by molar-refractivity contribution is -0.137. The summed E-state index contributed by atoms with van der Waals surface area (Å²) in [6.07, 6.45) is -3.13. The smallest absolute Gasteiger partial charge is 0.417 e. The number of rotatable bonds is 5. The second-order valence-corrected chi connectivity index (χ2v) is 6.02. The molecule has 2 N–H and O–H groups in total. The summed E-state index contributed by atoms with van der Waals surface area (Å²) in [6, 6.07) is 7.76. The minimum atomic E-state index is -4.62. The first-order valence-electron chi connectivity index (χ1n) is 8.58. The Bertz CT molecular complexity index is 1040. The Hall–Kier alpha value is -3.56. The average molecular weight is 406 g/mol. The summed E-state index contributed by atoms with van der Waals surface area (Å²) in [6.45, 7) is 1.77. The number of aryl methyl sites for hydroxylation is 1. The molecule has 29 heavy (non-hydrogen) atoms. The van der Waals surface area contributed by atoms with E-state index in [0.29, 0.717) is 0 Å². The Labute approximate surface area is 163 Å². The van der Waals surface area contributed by atoms with Gasteiger partial charge in [-0.3, -0.25) is 9.48 Å². The number of ether oxygens (including phenoxy) is 1. The highest BCUT2D eigenvalue weighted by molar-refractivity contribution is 6.06. The van der Waals surface area contributed by atoms with Gasteiger partial charge in [-0.2, -0.15) is 18.3 Å². The summed E-state index contributed by atoms with van der Waals surface area (Å²) in [4.78, 5) is 27.2. The number of aromatic amines is 1. The predicted octanol–water partition coefficient (Wildman–Crippen LogP) is 3.86. The maximum Gasteiger partial charge on any atom is 0.417 e. The van der Waals surface area contributed by atoms with E-state index in [1.807, 2.05) is 0 Å². The van der Waals surface area contributed by atoms with Crippen LogP contribution in [0.15, 0.2) is 42.6 Å². The number of hydrogen-bond acceptors (Lipinski definition) is 4. The Morgan fingerprint density at radius 2 is 2.00 bits per heavy atom. The van der Waals surface area contributed by atoms with Crippen molar-refractivity contribution in [3.05, 3.63) is 59.5 Å². The van der Waals surface area contributed by atoms with Crippen LogP contribution in [0.3, 0.4) is 0 Å². The third kappa shape index (κ3) is 4.15. The minimum Gasteiger partial charge on any atom is -0.461 e. The van der Waals surface area contributed by atoms with Crippen molar-refractivity contribution in [2.45, 2.75) is 13.1 Å². The summed E-state index contributed by atoms with van der Waals surface area (Å²) in [5, 5.41) is 6.40. The van der Waals surface area contributed by atoms with Crippen LogP contribution in [0, 0.1) is 0 Å². The number of anilines is 1. The number of benzene rings is 1. The zero-order chi connectivity index (χ0) is 21.2. The topological polar surface area (TPSA) is 89.0 Å². The van der Waals surface area contributed by atoms with Crippen molar-refractivity contribution < 1.29 is 27.5 Å². The first kappa shape index (κ1) is 20.2. The van der Waals surface area contributed by atoms with Gasteiger partial charge >= 0.3 is 12.1 Å². The van der Waals surface area contributed by atoms with E-state index >= 15 is 0 Å². The molecule has 1 aromatic carbocycles. The molecule has 0 aliphatic carbocycles. The van der Waals surface area contributed by atoms with Gasteiger partial charge in [-0.05, 0) is 31.2 Å². The zero-order valence-electron chi connectivity index (χ0n) is 15.5.